The molecule has 0 bridgehead atoms. The van der Waals surface area contributed by atoms with E-state index in [1.165, 1.54) is 51.4 Å². The summed E-state index contributed by atoms with van der Waals surface area (Å²) >= 11 is 2.51. The zero-order valence-electron chi connectivity index (χ0n) is 13.1. The van der Waals surface area contributed by atoms with E-state index >= 15 is 0 Å². The molecule has 1 aliphatic heterocycles. The van der Waals surface area contributed by atoms with Crippen molar-refractivity contribution < 1.29 is 0 Å². The summed E-state index contributed by atoms with van der Waals surface area (Å²) in [5, 5.41) is 0. The van der Waals surface area contributed by atoms with E-state index in [1.807, 2.05) is 0 Å². The molecule has 0 spiro atoms. The molecule has 4 saturated carbocycles. The molecule has 106 valence electrons. The van der Waals surface area contributed by atoms with E-state index in [0.29, 0.717) is 31.2 Å². The fraction of sp³-hybridized carbons (Fsp3) is 1.00. The van der Waals surface area contributed by atoms with Gasteiger partial charge in [0.25, 0.3) is 0 Å². The number of hydrogen-bond acceptors (Lipinski definition) is 1. The molecule has 19 heavy (non-hydrogen) atoms. The Bertz CT molecular complexity index is 392. The first kappa shape index (κ1) is 12.0. The first-order valence-corrected chi connectivity index (χ1v) is 9.30. The minimum Gasteiger partial charge on any atom is -0.143 e. The minimum atomic E-state index is 0.670. The Labute approximate surface area is 122 Å². The highest BCUT2D eigenvalue weighted by Gasteiger charge is 2.95. The lowest BCUT2D eigenvalue weighted by molar-refractivity contribution is 0.150. The third-order valence-electron chi connectivity index (χ3n) is 8.16. The largest absolute Gasteiger partial charge is 0.143 e. The van der Waals surface area contributed by atoms with Crippen LogP contribution in [0.1, 0.15) is 79.1 Å². The number of rotatable bonds is 4. The van der Waals surface area contributed by atoms with E-state index in [-0.39, 0.29) is 0 Å². The second-order valence-corrected chi connectivity index (χ2v) is 11.1. The molecule has 5 fully saturated rings. The van der Waals surface area contributed by atoms with E-state index in [2.05, 4.69) is 39.5 Å². The van der Waals surface area contributed by atoms with Crippen LogP contribution in [-0.4, -0.2) is 9.49 Å². The van der Waals surface area contributed by atoms with Gasteiger partial charge >= 0.3 is 0 Å². The van der Waals surface area contributed by atoms with Gasteiger partial charge in [-0.2, -0.15) is 0 Å². The Morgan fingerprint density at radius 1 is 0.474 bits per heavy atom. The smallest absolute Gasteiger partial charge is 0.0430 e. The van der Waals surface area contributed by atoms with Gasteiger partial charge in [0, 0.05) is 9.49 Å². The summed E-state index contributed by atoms with van der Waals surface area (Å²) < 4.78 is 1.34. The van der Waals surface area contributed by atoms with Crippen molar-refractivity contribution in [2.45, 2.75) is 88.6 Å². The molecule has 4 aliphatic carbocycles. The van der Waals surface area contributed by atoms with Crippen molar-refractivity contribution in [2.75, 3.05) is 0 Å². The zero-order chi connectivity index (χ0) is 13.4. The molecule has 0 radical (unpaired) electrons. The third-order valence-corrected chi connectivity index (χ3v) is 11.2. The molecule has 0 amide bonds. The van der Waals surface area contributed by atoms with Crippen molar-refractivity contribution in [2.24, 2.45) is 21.7 Å². The number of thioether (sulfide) groups is 1. The summed E-state index contributed by atoms with van der Waals surface area (Å²) in [5.74, 6) is 0. The predicted molar refractivity (Wildman–Crippen MR) is 82.4 cm³/mol. The van der Waals surface area contributed by atoms with Gasteiger partial charge in [0.1, 0.15) is 0 Å². The maximum Gasteiger partial charge on any atom is 0.0430 e. The second kappa shape index (κ2) is 2.69. The predicted octanol–water partition coefficient (Wildman–Crippen LogP) is 5.41. The zero-order valence-corrected chi connectivity index (χ0v) is 13.9. The van der Waals surface area contributed by atoms with Crippen molar-refractivity contribution in [3.05, 3.63) is 0 Å². The van der Waals surface area contributed by atoms with Gasteiger partial charge in [-0.3, -0.25) is 0 Å². The summed E-state index contributed by atoms with van der Waals surface area (Å²) in [6.45, 7) is 10.6. The van der Waals surface area contributed by atoms with Crippen LogP contribution >= 0.6 is 11.8 Å². The van der Waals surface area contributed by atoms with Crippen LogP contribution in [0.3, 0.4) is 0 Å². The molecule has 1 heteroatoms. The lowest BCUT2D eigenvalue weighted by Gasteiger charge is -2.41. The first-order chi connectivity index (χ1) is 8.79. The van der Waals surface area contributed by atoms with Gasteiger partial charge in [-0.1, -0.05) is 27.7 Å². The van der Waals surface area contributed by atoms with Gasteiger partial charge in [-0.05, 0) is 73.0 Å². The van der Waals surface area contributed by atoms with E-state index in [0.717, 1.165) is 0 Å². The highest BCUT2D eigenvalue weighted by atomic mass is 32.2. The molecule has 1 heterocycles. The van der Waals surface area contributed by atoms with Crippen molar-refractivity contribution >= 4 is 11.8 Å². The van der Waals surface area contributed by atoms with Gasteiger partial charge in [-0.15, -0.1) is 11.8 Å². The van der Waals surface area contributed by atoms with Crippen molar-refractivity contribution in [1.82, 2.24) is 0 Å². The van der Waals surface area contributed by atoms with Crippen molar-refractivity contribution in [3.63, 3.8) is 0 Å². The molecule has 0 N–H and O–H groups in total. The van der Waals surface area contributed by atoms with Crippen LogP contribution < -0.4 is 0 Å². The Hall–Kier alpha value is 0.350. The Balaban J connectivity index is 1.69. The monoisotopic (exact) mass is 276 g/mol. The molecule has 0 aromatic heterocycles. The molecule has 0 nitrogen and oxygen atoms in total. The summed E-state index contributed by atoms with van der Waals surface area (Å²) in [7, 11) is 0. The molecule has 0 aromatic carbocycles. The molecule has 0 aromatic rings. The van der Waals surface area contributed by atoms with E-state index in [1.54, 1.807) is 0 Å². The molecule has 0 atom stereocenters. The van der Waals surface area contributed by atoms with Crippen molar-refractivity contribution in [1.29, 1.82) is 0 Å². The SMILES string of the molecule is CC1(C2(C3(C)CC3)SC2(C2(C)CC2)C2(C)CC2)CC1. The maximum absolute atomic E-state index is 2.64. The minimum absolute atomic E-state index is 0.670. The second-order valence-electron chi connectivity index (χ2n) is 9.71. The molecule has 0 unspecified atom stereocenters. The molecular formula is C18H28S. The van der Waals surface area contributed by atoms with Crippen LogP contribution in [0.15, 0.2) is 0 Å². The van der Waals surface area contributed by atoms with Crippen LogP contribution in [-0.2, 0) is 0 Å². The van der Waals surface area contributed by atoms with E-state index in [9.17, 15) is 0 Å². The Kier molecular flexibility index (Phi) is 1.69. The molecule has 5 rings (SSSR count). The van der Waals surface area contributed by atoms with Crippen LogP contribution in [0, 0.1) is 21.7 Å². The van der Waals surface area contributed by atoms with E-state index < -0.39 is 0 Å². The summed E-state index contributed by atoms with van der Waals surface area (Å²) in [6.07, 6.45) is 12.1. The standard InChI is InChI=1S/C18H28S/c1-13(5-6-13)17(14(2)7-8-14)18(19-17,15(3)9-10-15)16(4)11-12-16/h5-12H2,1-4H3. The van der Waals surface area contributed by atoms with Crippen molar-refractivity contribution in [3.8, 4) is 0 Å². The fourth-order valence-corrected chi connectivity index (χ4v) is 9.21. The van der Waals surface area contributed by atoms with Gasteiger partial charge < -0.3 is 0 Å². The van der Waals surface area contributed by atoms with Crippen LogP contribution in [0.5, 0.6) is 0 Å². The quantitative estimate of drug-likeness (QED) is 0.619. The Morgan fingerprint density at radius 3 is 0.842 bits per heavy atom. The van der Waals surface area contributed by atoms with Crippen LogP contribution in [0.2, 0.25) is 0 Å². The lowest BCUT2D eigenvalue weighted by atomic mass is 9.60. The van der Waals surface area contributed by atoms with Crippen LogP contribution in [0.4, 0.5) is 0 Å². The first-order valence-electron chi connectivity index (χ1n) is 8.49. The van der Waals surface area contributed by atoms with Gasteiger partial charge in [0.05, 0.1) is 0 Å². The normalized spacial score (nSPS) is 42.3. The summed E-state index contributed by atoms with van der Waals surface area (Å²) in [4.78, 5) is 0. The summed E-state index contributed by atoms with van der Waals surface area (Å²) in [5.41, 5.74) is 2.78. The molecular weight excluding hydrogens is 248 g/mol. The third kappa shape index (κ3) is 1.02. The maximum atomic E-state index is 2.64. The highest BCUT2D eigenvalue weighted by molar-refractivity contribution is 8.10. The Morgan fingerprint density at radius 2 is 0.684 bits per heavy atom. The van der Waals surface area contributed by atoms with Crippen LogP contribution in [0.25, 0.3) is 0 Å². The van der Waals surface area contributed by atoms with Gasteiger partial charge in [0.15, 0.2) is 0 Å². The molecule has 5 aliphatic rings. The van der Waals surface area contributed by atoms with Gasteiger partial charge in [0.2, 0.25) is 0 Å². The lowest BCUT2D eigenvalue weighted by Crippen LogP contribution is -2.49. The van der Waals surface area contributed by atoms with E-state index in [4.69, 9.17) is 0 Å². The topological polar surface area (TPSA) is 0 Å². The molecule has 1 saturated heterocycles. The van der Waals surface area contributed by atoms with Gasteiger partial charge in [-0.25, -0.2) is 0 Å². The highest BCUT2D eigenvalue weighted by Crippen LogP contribution is 2.98. The summed E-state index contributed by atoms with van der Waals surface area (Å²) in [6, 6.07) is 0. The number of hydrogen-bond donors (Lipinski definition) is 0. The average molecular weight is 276 g/mol. The fourth-order valence-electron chi connectivity index (χ4n) is 6.01. The average Bonchev–Trinajstić information content (AvgIpc) is 3.18.